The SMILES string of the molecule is Cn1c(C#Cc2ccccc2)nc2c1cc(/C=C1\C(=O)c3ccccc3C1=C(C#N)C#N)n2-c1ccccc1. The van der Waals surface area contributed by atoms with Gasteiger partial charge in [-0.25, -0.2) is 4.98 Å². The first-order valence-electron chi connectivity index (χ1n) is 12.2. The predicted octanol–water partition coefficient (Wildman–Crippen LogP) is 5.84. The van der Waals surface area contributed by atoms with Crippen LogP contribution in [0.25, 0.3) is 28.5 Å². The molecule has 6 nitrogen and oxygen atoms in total. The van der Waals surface area contributed by atoms with Crippen molar-refractivity contribution in [1.82, 2.24) is 14.1 Å². The van der Waals surface area contributed by atoms with Gasteiger partial charge in [-0.1, -0.05) is 66.6 Å². The van der Waals surface area contributed by atoms with E-state index in [1.165, 1.54) is 0 Å². The lowest BCUT2D eigenvalue weighted by Crippen LogP contribution is -2.01. The fourth-order valence-corrected chi connectivity index (χ4v) is 4.86. The molecule has 2 heterocycles. The van der Waals surface area contributed by atoms with Crippen molar-refractivity contribution in [2.75, 3.05) is 0 Å². The molecule has 6 heteroatoms. The molecule has 3 aromatic carbocycles. The van der Waals surface area contributed by atoms with E-state index in [1.54, 1.807) is 30.3 Å². The smallest absolute Gasteiger partial charge is 0.194 e. The number of benzene rings is 3. The summed E-state index contributed by atoms with van der Waals surface area (Å²) < 4.78 is 3.88. The highest BCUT2D eigenvalue weighted by Gasteiger charge is 2.32. The van der Waals surface area contributed by atoms with Gasteiger partial charge in [-0.2, -0.15) is 10.5 Å². The lowest BCUT2D eigenvalue weighted by Gasteiger charge is -2.08. The number of aryl methyl sites for hydroxylation is 1. The van der Waals surface area contributed by atoms with Crippen LogP contribution >= 0.6 is 0 Å². The highest BCUT2D eigenvalue weighted by atomic mass is 16.1. The Morgan fingerprint density at radius 2 is 1.49 bits per heavy atom. The number of allylic oxidation sites excluding steroid dienone is 3. The van der Waals surface area contributed by atoms with Gasteiger partial charge in [0.1, 0.15) is 17.7 Å². The van der Waals surface area contributed by atoms with Crippen molar-refractivity contribution in [2.45, 2.75) is 0 Å². The van der Waals surface area contributed by atoms with Crippen LogP contribution in [0.15, 0.2) is 102 Å². The molecule has 0 aliphatic heterocycles. The van der Waals surface area contributed by atoms with Crippen LogP contribution in [0, 0.1) is 34.5 Å². The molecule has 39 heavy (non-hydrogen) atoms. The number of hydrogen-bond acceptors (Lipinski definition) is 4. The molecule has 5 aromatic rings. The molecule has 0 amide bonds. The van der Waals surface area contributed by atoms with Gasteiger partial charge in [0.05, 0.1) is 11.2 Å². The maximum absolute atomic E-state index is 13.5. The molecule has 0 radical (unpaired) electrons. The largest absolute Gasteiger partial charge is 0.319 e. The van der Waals surface area contributed by atoms with Gasteiger partial charge in [0.2, 0.25) is 0 Å². The fraction of sp³-hybridized carbons (Fsp3) is 0.0303. The lowest BCUT2D eigenvalue weighted by molar-refractivity contribution is 0.104. The Bertz CT molecular complexity index is 1980. The van der Waals surface area contributed by atoms with Crippen LogP contribution < -0.4 is 0 Å². The van der Waals surface area contributed by atoms with Crippen LogP contribution in [0.3, 0.4) is 0 Å². The van der Waals surface area contributed by atoms with Crippen LogP contribution in [0.2, 0.25) is 0 Å². The number of aromatic nitrogens is 3. The molecule has 0 saturated heterocycles. The van der Waals surface area contributed by atoms with E-state index in [2.05, 4.69) is 11.8 Å². The van der Waals surface area contributed by atoms with E-state index in [9.17, 15) is 15.3 Å². The summed E-state index contributed by atoms with van der Waals surface area (Å²) in [4.78, 5) is 18.4. The summed E-state index contributed by atoms with van der Waals surface area (Å²) in [6, 6.07) is 32.4. The number of Topliss-reactive ketones (excluding diaryl/α,β-unsaturated/α-hetero) is 1. The first-order valence-corrected chi connectivity index (χ1v) is 12.2. The van der Waals surface area contributed by atoms with Gasteiger partial charge in [0.15, 0.2) is 17.3 Å². The molecule has 0 saturated carbocycles. The number of ketones is 1. The van der Waals surface area contributed by atoms with Crippen molar-refractivity contribution in [1.29, 1.82) is 10.5 Å². The highest BCUT2D eigenvalue weighted by molar-refractivity contribution is 6.29. The highest BCUT2D eigenvalue weighted by Crippen LogP contribution is 2.40. The first kappa shape index (κ1) is 23.5. The van der Waals surface area contributed by atoms with Crippen molar-refractivity contribution in [3.63, 3.8) is 0 Å². The molecule has 6 rings (SSSR count). The first-order chi connectivity index (χ1) is 19.1. The minimum Gasteiger partial charge on any atom is -0.319 e. The third-order valence-corrected chi connectivity index (χ3v) is 6.70. The Kier molecular flexibility index (Phi) is 5.74. The molecule has 1 aliphatic carbocycles. The normalized spacial score (nSPS) is 13.1. The molecule has 0 atom stereocenters. The summed E-state index contributed by atoms with van der Waals surface area (Å²) >= 11 is 0. The number of para-hydroxylation sites is 1. The van der Waals surface area contributed by atoms with Gasteiger partial charge in [-0.05, 0) is 47.9 Å². The molecule has 2 aromatic heterocycles. The molecule has 1 aliphatic rings. The van der Waals surface area contributed by atoms with Crippen molar-refractivity contribution in [3.05, 3.63) is 130 Å². The average Bonchev–Trinajstić information content (AvgIpc) is 3.58. The van der Waals surface area contributed by atoms with Gasteiger partial charge in [0, 0.05) is 35.0 Å². The minimum atomic E-state index is -0.226. The molecule has 0 N–H and O–H groups in total. The maximum Gasteiger partial charge on any atom is 0.194 e. The molecule has 0 bridgehead atoms. The Morgan fingerprint density at radius 3 is 2.18 bits per heavy atom. The number of fused-ring (bicyclic) bond motifs is 2. The Labute approximate surface area is 225 Å². The average molecular weight is 502 g/mol. The minimum absolute atomic E-state index is 0.0986. The Morgan fingerprint density at radius 1 is 0.846 bits per heavy atom. The third kappa shape index (κ3) is 3.92. The van der Waals surface area contributed by atoms with E-state index in [1.807, 2.05) is 95.1 Å². The topological polar surface area (TPSA) is 87.4 Å². The second-order valence-electron chi connectivity index (χ2n) is 8.97. The van der Waals surface area contributed by atoms with Crippen LogP contribution in [0.5, 0.6) is 0 Å². The van der Waals surface area contributed by atoms with Crippen molar-refractivity contribution in [2.24, 2.45) is 7.05 Å². The summed E-state index contributed by atoms with van der Waals surface area (Å²) in [7, 11) is 1.90. The fourth-order valence-electron chi connectivity index (χ4n) is 4.86. The van der Waals surface area contributed by atoms with Crippen LogP contribution in [-0.4, -0.2) is 19.9 Å². The summed E-state index contributed by atoms with van der Waals surface area (Å²) in [5, 5.41) is 19.4. The van der Waals surface area contributed by atoms with Crippen molar-refractivity contribution in [3.8, 4) is 29.7 Å². The number of nitrogens with zero attached hydrogens (tertiary/aromatic N) is 5. The monoisotopic (exact) mass is 501 g/mol. The lowest BCUT2D eigenvalue weighted by atomic mass is 9.99. The Hall–Kier alpha value is -5.90. The molecule has 0 fully saturated rings. The summed E-state index contributed by atoms with van der Waals surface area (Å²) in [5.74, 6) is 6.72. The zero-order valence-electron chi connectivity index (χ0n) is 20.9. The number of imidazole rings is 1. The molecular formula is C33H19N5O. The third-order valence-electron chi connectivity index (χ3n) is 6.70. The van der Waals surface area contributed by atoms with E-state index in [-0.39, 0.29) is 11.4 Å². The van der Waals surface area contributed by atoms with Gasteiger partial charge in [0.25, 0.3) is 0 Å². The van der Waals surface area contributed by atoms with E-state index in [4.69, 9.17) is 4.98 Å². The number of carbonyl (C=O) groups is 1. The summed E-state index contributed by atoms with van der Waals surface area (Å²) in [5.41, 5.74) is 5.58. The van der Waals surface area contributed by atoms with E-state index >= 15 is 0 Å². The van der Waals surface area contributed by atoms with Crippen LogP contribution in [0.4, 0.5) is 0 Å². The number of nitriles is 2. The standard InChI is InChI=1S/C33H19N5O/c1-37-29-19-25(18-28-31(23(20-34)21-35)26-14-8-9-15-27(26)32(28)39)38(24-12-6-3-7-13-24)33(29)36-30(37)17-16-22-10-4-2-5-11-22/h2-15,18-19H,1H3/b28-18-. The second kappa shape index (κ2) is 9.52. The summed E-state index contributed by atoms with van der Waals surface area (Å²) in [6.45, 7) is 0. The van der Waals surface area contributed by atoms with E-state index in [0.717, 1.165) is 16.8 Å². The van der Waals surface area contributed by atoms with E-state index < -0.39 is 0 Å². The van der Waals surface area contributed by atoms with Gasteiger partial charge < -0.3 is 4.57 Å². The quantitative estimate of drug-likeness (QED) is 0.173. The zero-order chi connectivity index (χ0) is 26.9. The van der Waals surface area contributed by atoms with Crippen molar-refractivity contribution < 1.29 is 4.79 Å². The maximum atomic E-state index is 13.5. The van der Waals surface area contributed by atoms with Gasteiger partial charge >= 0.3 is 0 Å². The number of rotatable bonds is 2. The second-order valence-corrected chi connectivity index (χ2v) is 8.97. The molecular weight excluding hydrogens is 482 g/mol. The predicted molar refractivity (Wildman–Crippen MR) is 149 cm³/mol. The van der Waals surface area contributed by atoms with Gasteiger partial charge in [-0.3, -0.25) is 9.36 Å². The van der Waals surface area contributed by atoms with Crippen LogP contribution in [-0.2, 0) is 7.05 Å². The number of carbonyl (C=O) groups excluding carboxylic acids is 1. The van der Waals surface area contributed by atoms with Crippen LogP contribution in [0.1, 0.15) is 33.0 Å². The number of hydrogen-bond donors (Lipinski definition) is 0. The van der Waals surface area contributed by atoms with Crippen molar-refractivity contribution >= 4 is 28.6 Å². The summed E-state index contributed by atoms with van der Waals surface area (Å²) in [6.07, 6.45) is 1.75. The van der Waals surface area contributed by atoms with E-state index in [0.29, 0.717) is 39.4 Å². The van der Waals surface area contributed by atoms with Gasteiger partial charge in [-0.15, -0.1) is 0 Å². The molecule has 0 unspecified atom stereocenters. The molecule has 0 spiro atoms. The Balaban J connectivity index is 1.58. The molecule has 182 valence electrons. The zero-order valence-corrected chi connectivity index (χ0v) is 20.9.